The summed E-state index contributed by atoms with van der Waals surface area (Å²) in [6.45, 7) is -2.92. The number of aryl methyl sites for hydroxylation is 1. The van der Waals surface area contributed by atoms with Gasteiger partial charge in [-0.25, -0.2) is 0 Å². The zero-order valence-electron chi connectivity index (χ0n) is 10.5. The van der Waals surface area contributed by atoms with Crippen LogP contribution in [0.3, 0.4) is 0 Å². The Morgan fingerprint density at radius 2 is 1.78 bits per heavy atom. The van der Waals surface area contributed by atoms with Gasteiger partial charge in [-0.3, -0.25) is 4.79 Å². The van der Waals surface area contributed by atoms with Gasteiger partial charge < -0.3 is 17.7 Å². The number of benzene rings is 1. The van der Waals surface area contributed by atoms with E-state index in [4.69, 9.17) is 4.74 Å². The van der Waals surface area contributed by atoms with Gasteiger partial charge in [-0.1, -0.05) is 24.3 Å². The normalized spacial score (nSPS) is 10.7. The third kappa shape index (κ3) is 6.38. The Hall–Kier alpha value is 0.181. The molecule has 0 N–H and O–H groups in total. The second-order valence-electron chi connectivity index (χ2n) is 3.62. The first-order valence-electron chi connectivity index (χ1n) is 5.38. The number of hydrogen-bond acceptors (Lipinski definition) is 2. The van der Waals surface area contributed by atoms with Crippen molar-refractivity contribution in [3.63, 3.8) is 0 Å². The van der Waals surface area contributed by atoms with Gasteiger partial charge in [0.25, 0.3) is 0 Å². The third-order valence-electron chi connectivity index (χ3n) is 2.28. The molecule has 2 nitrogen and oxygen atoms in total. The number of carbonyl (C=O) groups excluding carboxylic acids is 1. The van der Waals surface area contributed by atoms with Crippen LogP contribution >= 0.6 is 0 Å². The molecule has 0 aromatic heterocycles. The van der Waals surface area contributed by atoms with Crippen LogP contribution in [0.5, 0.6) is 0 Å². The summed E-state index contributed by atoms with van der Waals surface area (Å²) in [6, 6.07) is 4.87. The van der Waals surface area contributed by atoms with Crippen molar-refractivity contribution >= 4 is 18.4 Å². The van der Waals surface area contributed by atoms with Gasteiger partial charge in [0, 0.05) is 6.42 Å². The van der Waals surface area contributed by atoms with Gasteiger partial charge in [-0.2, -0.15) is 0 Å². The molecule has 1 rings (SSSR count). The van der Waals surface area contributed by atoms with Crippen LogP contribution in [-0.2, 0) is 16.0 Å². The Bertz CT molecular complexity index is 379. The van der Waals surface area contributed by atoms with Crippen LogP contribution in [0.1, 0.15) is 18.9 Å². The summed E-state index contributed by atoms with van der Waals surface area (Å²) in [5.74, 6) is -0.336. The van der Waals surface area contributed by atoms with Crippen molar-refractivity contribution in [2.24, 2.45) is 0 Å². The molecule has 1 aromatic carbocycles. The number of halogens is 3. The Kier molecular flexibility index (Phi) is 8.46. The predicted molar refractivity (Wildman–Crippen MR) is 60.1 cm³/mol. The van der Waals surface area contributed by atoms with Crippen molar-refractivity contribution in [3.8, 4) is 0 Å². The fourth-order valence-electron chi connectivity index (χ4n) is 1.38. The van der Waals surface area contributed by atoms with Gasteiger partial charge in [0.15, 0.2) is 0 Å². The summed E-state index contributed by atoms with van der Waals surface area (Å²) >= 11 is 0. The monoisotopic (exact) mass is 284 g/mol. The van der Waals surface area contributed by atoms with Crippen LogP contribution in [0, 0.1) is 0 Å². The SMILES string of the molecule is CCOC(=O)CCc1ccc([B-](F)(F)F)cc1.[K+]. The predicted octanol–water partition coefficient (Wildman–Crippen LogP) is -0.759. The minimum absolute atomic E-state index is 0. The van der Waals surface area contributed by atoms with Crippen LogP contribution in [0.25, 0.3) is 0 Å². The summed E-state index contributed by atoms with van der Waals surface area (Å²) in [5, 5.41) is 0. The van der Waals surface area contributed by atoms with Crippen molar-refractivity contribution in [2.75, 3.05) is 6.61 Å². The molecule has 1 aromatic rings. The summed E-state index contributed by atoms with van der Waals surface area (Å²) in [5.41, 5.74) is 0.0757. The zero-order valence-corrected chi connectivity index (χ0v) is 13.6. The molecule has 0 bridgehead atoms. The van der Waals surface area contributed by atoms with E-state index in [1.54, 1.807) is 6.92 Å². The maximum Gasteiger partial charge on any atom is 1.00 e. The molecule has 0 aliphatic heterocycles. The van der Waals surface area contributed by atoms with E-state index in [0.29, 0.717) is 18.6 Å². The van der Waals surface area contributed by atoms with Gasteiger partial charge >= 0.3 is 64.3 Å². The topological polar surface area (TPSA) is 26.3 Å². The second kappa shape index (κ2) is 8.37. The number of hydrogen-bond donors (Lipinski definition) is 0. The van der Waals surface area contributed by atoms with Gasteiger partial charge in [-0.15, -0.1) is 5.46 Å². The summed E-state index contributed by atoms with van der Waals surface area (Å²) in [4.78, 5) is 11.0. The molecule has 0 unspecified atom stereocenters. The van der Waals surface area contributed by atoms with Crippen molar-refractivity contribution in [1.82, 2.24) is 0 Å². The van der Waals surface area contributed by atoms with E-state index in [1.807, 2.05) is 0 Å². The average molecular weight is 284 g/mol. The van der Waals surface area contributed by atoms with Crippen molar-refractivity contribution < 1.29 is 73.9 Å². The van der Waals surface area contributed by atoms with E-state index in [-0.39, 0.29) is 63.8 Å². The molecule has 0 atom stereocenters. The Morgan fingerprint density at radius 1 is 1.22 bits per heavy atom. The number of ether oxygens (including phenoxy) is 1. The van der Waals surface area contributed by atoms with Crippen LogP contribution in [0.15, 0.2) is 24.3 Å². The molecule has 0 saturated heterocycles. The first kappa shape index (κ1) is 18.2. The summed E-state index contributed by atoms with van der Waals surface area (Å²) in [6.07, 6.45) is 0.578. The second-order valence-corrected chi connectivity index (χ2v) is 3.62. The van der Waals surface area contributed by atoms with Crippen LogP contribution < -0.4 is 56.8 Å². The third-order valence-corrected chi connectivity index (χ3v) is 2.28. The van der Waals surface area contributed by atoms with Crippen LogP contribution in [0.2, 0.25) is 0 Å². The molecule has 0 amide bonds. The first-order chi connectivity index (χ1) is 7.93. The number of esters is 1. The van der Waals surface area contributed by atoms with E-state index in [9.17, 15) is 17.7 Å². The van der Waals surface area contributed by atoms with Gasteiger partial charge in [0.2, 0.25) is 0 Å². The zero-order chi connectivity index (χ0) is 12.9. The molecule has 94 valence electrons. The first-order valence-corrected chi connectivity index (χ1v) is 5.38. The largest absolute Gasteiger partial charge is 1.00 e. The smallest absolute Gasteiger partial charge is 0.466 e. The Balaban J connectivity index is 0.00000289. The molecule has 0 aliphatic carbocycles. The number of rotatable bonds is 5. The molecular formula is C11H13BF3KO2. The molecule has 0 saturated carbocycles. The van der Waals surface area contributed by atoms with Gasteiger partial charge in [0.05, 0.1) is 6.61 Å². The molecule has 0 heterocycles. The van der Waals surface area contributed by atoms with E-state index < -0.39 is 12.4 Å². The fourth-order valence-corrected chi connectivity index (χ4v) is 1.38. The Labute approximate surface area is 147 Å². The molecule has 18 heavy (non-hydrogen) atoms. The van der Waals surface area contributed by atoms with Crippen LogP contribution in [0.4, 0.5) is 12.9 Å². The summed E-state index contributed by atoms with van der Waals surface area (Å²) in [7, 11) is 0. The van der Waals surface area contributed by atoms with E-state index in [1.165, 1.54) is 12.1 Å². The maximum absolute atomic E-state index is 12.3. The quantitative estimate of drug-likeness (QED) is 0.525. The minimum atomic E-state index is -4.94. The van der Waals surface area contributed by atoms with Crippen molar-refractivity contribution in [1.29, 1.82) is 0 Å². The summed E-state index contributed by atoms with van der Waals surface area (Å²) < 4.78 is 41.7. The van der Waals surface area contributed by atoms with Crippen molar-refractivity contribution in [2.45, 2.75) is 19.8 Å². The maximum atomic E-state index is 12.3. The number of carbonyl (C=O) groups is 1. The van der Waals surface area contributed by atoms with Crippen molar-refractivity contribution in [3.05, 3.63) is 29.8 Å². The molecule has 0 radical (unpaired) electrons. The molecule has 7 heteroatoms. The van der Waals surface area contributed by atoms with Crippen LogP contribution in [-0.4, -0.2) is 19.6 Å². The van der Waals surface area contributed by atoms with Gasteiger partial charge in [0.1, 0.15) is 0 Å². The molecule has 0 fully saturated rings. The molecule has 0 aliphatic rings. The molecular weight excluding hydrogens is 271 g/mol. The van der Waals surface area contributed by atoms with E-state index >= 15 is 0 Å². The molecule has 0 spiro atoms. The van der Waals surface area contributed by atoms with Gasteiger partial charge in [-0.05, 0) is 18.9 Å². The van der Waals surface area contributed by atoms with E-state index in [2.05, 4.69) is 0 Å². The Morgan fingerprint density at radius 3 is 2.22 bits per heavy atom. The average Bonchev–Trinajstić information content (AvgIpc) is 2.26. The van der Waals surface area contributed by atoms with E-state index in [0.717, 1.165) is 12.1 Å². The minimum Gasteiger partial charge on any atom is -0.466 e. The standard InChI is InChI=1S/C11H13BF3O2.K/c1-2-17-11(16)8-5-9-3-6-10(7-4-9)12(13,14)15;/h3-4,6-7H,2,5,8H2,1H3;/q-1;+1. The fraction of sp³-hybridized carbons (Fsp3) is 0.364.